The van der Waals surface area contributed by atoms with Crippen LogP contribution in [0.4, 0.5) is 0 Å². The molecular formula is C13H17Br2N3O2S. The van der Waals surface area contributed by atoms with Crippen molar-refractivity contribution in [1.82, 2.24) is 5.32 Å². The SMILES string of the molecule is CC1CCC(NC(=O)c2cc(Br)c(Br)s2)(C(N)=NO)CC1. The van der Waals surface area contributed by atoms with Gasteiger partial charge in [-0.3, -0.25) is 4.79 Å². The minimum atomic E-state index is -0.749. The summed E-state index contributed by atoms with van der Waals surface area (Å²) in [5, 5.41) is 15.2. The van der Waals surface area contributed by atoms with E-state index in [2.05, 4.69) is 49.3 Å². The van der Waals surface area contributed by atoms with E-state index in [-0.39, 0.29) is 11.7 Å². The number of carbonyl (C=O) groups excluding carboxylic acids is 1. The van der Waals surface area contributed by atoms with Gasteiger partial charge in [-0.05, 0) is 69.5 Å². The maximum Gasteiger partial charge on any atom is 0.262 e. The quantitative estimate of drug-likeness (QED) is 0.291. The van der Waals surface area contributed by atoms with Gasteiger partial charge in [0.1, 0.15) is 5.54 Å². The van der Waals surface area contributed by atoms with Crippen LogP contribution in [0.5, 0.6) is 0 Å². The number of hydrogen-bond acceptors (Lipinski definition) is 4. The Morgan fingerprint density at radius 1 is 1.52 bits per heavy atom. The summed E-state index contributed by atoms with van der Waals surface area (Å²) in [4.78, 5) is 13.0. The number of oxime groups is 1. The molecule has 0 atom stereocenters. The van der Waals surface area contributed by atoms with Gasteiger partial charge < -0.3 is 16.3 Å². The molecule has 0 spiro atoms. The molecule has 1 saturated carbocycles. The molecular weight excluding hydrogens is 422 g/mol. The van der Waals surface area contributed by atoms with Gasteiger partial charge in [-0.25, -0.2) is 0 Å². The molecule has 0 aliphatic heterocycles. The van der Waals surface area contributed by atoms with Gasteiger partial charge in [-0.15, -0.1) is 11.3 Å². The molecule has 1 heterocycles. The lowest BCUT2D eigenvalue weighted by molar-refractivity contribution is 0.0901. The molecule has 1 amide bonds. The predicted octanol–water partition coefficient (Wildman–Crippen LogP) is 3.70. The zero-order chi connectivity index (χ0) is 15.6. The summed E-state index contributed by atoms with van der Waals surface area (Å²) in [5.41, 5.74) is 5.11. The van der Waals surface area contributed by atoms with E-state index in [4.69, 9.17) is 10.9 Å². The van der Waals surface area contributed by atoms with Crippen LogP contribution < -0.4 is 11.1 Å². The molecule has 0 unspecified atom stereocenters. The zero-order valence-electron chi connectivity index (χ0n) is 11.5. The highest BCUT2D eigenvalue weighted by Gasteiger charge is 2.40. The van der Waals surface area contributed by atoms with Crippen molar-refractivity contribution in [3.8, 4) is 0 Å². The Kier molecular flexibility index (Phi) is 5.32. The minimum absolute atomic E-state index is 0.0810. The van der Waals surface area contributed by atoms with Gasteiger partial charge in [0.25, 0.3) is 5.91 Å². The fraction of sp³-hybridized carbons (Fsp3) is 0.538. The second-order valence-electron chi connectivity index (χ2n) is 5.44. The molecule has 116 valence electrons. The smallest absolute Gasteiger partial charge is 0.262 e. The van der Waals surface area contributed by atoms with E-state index < -0.39 is 5.54 Å². The third kappa shape index (κ3) is 3.60. The van der Waals surface area contributed by atoms with Crippen LogP contribution >= 0.6 is 43.2 Å². The van der Waals surface area contributed by atoms with E-state index in [9.17, 15) is 4.79 Å². The Morgan fingerprint density at radius 3 is 2.62 bits per heavy atom. The van der Waals surface area contributed by atoms with Crippen LogP contribution in [0, 0.1) is 5.92 Å². The number of nitrogens with two attached hydrogens (primary N) is 1. The van der Waals surface area contributed by atoms with Crippen molar-refractivity contribution in [2.75, 3.05) is 0 Å². The monoisotopic (exact) mass is 437 g/mol. The summed E-state index contributed by atoms with van der Waals surface area (Å²) in [6, 6.07) is 1.76. The summed E-state index contributed by atoms with van der Waals surface area (Å²) >= 11 is 8.09. The molecule has 1 aromatic heterocycles. The maximum absolute atomic E-state index is 12.5. The first kappa shape index (κ1) is 16.8. The van der Waals surface area contributed by atoms with Crippen LogP contribution in [0.25, 0.3) is 0 Å². The van der Waals surface area contributed by atoms with Crippen molar-refractivity contribution in [3.63, 3.8) is 0 Å². The van der Waals surface area contributed by atoms with E-state index in [1.54, 1.807) is 6.07 Å². The van der Waals surface area contributed by atoms with Gasteiger partial charge in [-0.1, -0.05) is 12.1 Å². The third-order valence-electron chi connectivity index (χ3n) is 3.95. The Balaban J connectivity index is 2.21. The van der Waals surface area contributed by atoms with E-state index in [1.807, 2.05) is 0 Å². The van der Waals surface area contributed by atoms with Gasteiger partial charge >= 0.3 is 0 Å². The first-order valence-electron chi connectivity index (χ1n) is 6.63. The fourth-order valence-electron chi connectivity index (χ4n) is 2.53. The largest absolute Gasteiger partial charge is 0.409 e. The molecule has 0 aromatic carbocycles. The lowest BCUT2D eigenvalue weighted by atomic mass is 9.76. The fourth-order valence-corrected chi connectivity index (χ4v) is 4.46. The number of rotatable bonds is 3. The molecule has 1 fully saturated rings. The number of thiophene rings is 1. The standard InChI is InChI=1S/C13H17Br2N3O2S/c1-7-2-4-13(5-3-7,12(16)18-20)17-11(19)9-6-8(14)10(15)21-9/h6-7,20H,2-5H2,1H3,(H2,16,18)(H,17,19). The Morgan fingerprint density at radius 2 is 2.14 bits per heavy atom. The Labute approximate surface area is 144 Å². The zero-order valence-corrected chi connectivity index (χ0v) is 15.5. The molecule has 2 rings (SSSR count). The van der Waals surface area contributed by atoms with Crippen LogP contribution in [-0.2, 0) is 0 Å². The molecule has 0 radical (unpaired) electrons. The summed E-state index contributed by atoms with van der Waals surface area (Å²) in [6.07, 6.45) is 3.25. The molecule has 5 nitrogen and oxygen atoms in total. The molecule has 0 bridgehead atoms. The van der Waals surface area contributed by atoms with E-state index in [1.165, 1.54) is 11.3 Å². The van der Waals surface area contributed by atoms with Gasteiger partial charge in [0.2, 0.25) is 0 Å². The lowest BCUT2D eigenvalue weighted by Crippen LogP contribution is -2.59. The number of amidine groups is 1. The van der Waals surface area contributed by atoms with E-state index >= 15 is 0 Å². The highest BCUT2D eigenvalue weighted by atomic mass is 79.9. The van der Waals surface area contributed by atoms with Crippen LogP contribution in [-0.4, -0.2) is 22.5 Å². The second kappa shape index (κ2) is 6.66. The summed E-state index contributed by atoms with van der Waals surface area (Å²) < 4.78 is 1.70. The maximum atomic E-state index is 12.5. The molecule has 1 aliphatic rings. The second-order valence-corrected chi connectivity index (χ2v) is 8.66. The number of halogens is 2. The van der Waals surface area contributed by atoms with Crippen molar-refractivity contribution in [3.05, 3.63) is 19.2 Å². The van der Waals surface area contributed by atoms with E-state index in [0.717, 1.165) is 21.1 Å². The molecule has 1 aromatic rings. The normalized spacial score (nSPS) is 26.6. The number of amides is 1. The molecule has 8 heteroatoms. The molecule has 1 aliphatic carbocycles. The van der Waals surface area contributed by atoms with Crippen LogP contribution in [0.2, 0.25) is 0 Å². The van der Waals surface area contributed by atoms with Crippen LogP contribution in [0.3, 0.4) is 0 Å². The average Bonchev–Trinajstić information content (AvgIpc) is 2.80. The van der Waals surface area contributed by atoms with Crippen molar-refractivity contribution in [1.29, 1.82) is 0 Å². The van der Waals surface area contributed by atoms with Gasteiger partial charge in [0, 0.05) is 4.47 Å². The number of hydrogen-bond donors (Lipinski definition) is 3. The summed E-state index contributed by atoms with van der Waals surface area (Å²) in [7, 11) is 0. The van der Waals surface area contributed by atoms with Crippen LogP contribution in [0.15, 0.2) is 19.5 Å². The third-order valence-corrected chi connectivity index (χ3v) is 7.20. The van der Waals surface area contributed by atoms with Crippen molar-refractivity contribution in [2.24, 2.45) is 16.8 Å². The van der Waals surface area contributed by atoms with Gasteiger partial charge in [0.05, 0.1) is 8.66 Å². The number of nitrogens with zero attached hydrogens (tertiary/aromatic N) is 1. The van der Waals surface area contributed by atoms with Gasteiger partial charge in [0.15, 0.2) is 5.84 Å². The Hall–Kier alpha value is -0.600. The first-order valence-corrected chi connectivity index (χ1v) is 9.03. The highest BCUT2D eigenvalue weighted by Crippen LogP contribution is 2.35. The Bertz CT molecular complexity index is 546. The van der Waals surface area contributed by atoms with Crippen molar-refractivity contribution >= 4 is 54.9 Å². The molecule has 0 saturated heterocycles. The minimum Gasteiger partial charge on any atom is -0.409 e. The summed E-state index contributed by atoms with van der Waals surface area (Å²) in [5.74, 6) is 0.469. The van der Waals surface area contributed by atoms with Crippen LogP contribution in [0.1, 0.15) is 42.3 Å². The first-order chi connectivity index (χ1) is 9.88. The predicted molar refractivity (Wildman–Crippen MR) is 91.0 cm³/mol. The number of carbonyl (C=O) groups is 1. The van der Waals surface area contributed by atoms with E-state index in [0.29, 0.717) is 23.6 Å². The highest BCUT2D eigenvalue weighted by molar-refractivity contribution is 9.13. The van der Waals surface area contributed by atoms with Gasteiger partial charge in [-0.2, -0.15) is 0 Å². The van der Waals surface area contributed by atoms with Crippen molar-refractivity contribution in [2.45, 2.75) is 38.1 Å². The molecule has 21 heavy (non-hydrogen) atoms. The lowest BCUT2D eigenvalue weighted by Gasteiger charge is -2.38. The number of nitrogens with one attached hydrogen (secondary N) is 1. The summed E-state index contributed by atoms with van der Waals surface area (Å²) in [6.45, 7) is 2.17. The molecule has 4 N–H and O–H groups in total. The average molecular weight is 439 g/mol. The topological polar surface area (TPSA) is 87.7 Å². The van der Waals surface area contributed by atoms with Crippen molar-refractivity contribution < 1.29 is 10.0 Å².